The third kappa shape index (κ3) is 3.77. The van der Waals surface area contributed by atoms with Crippen LogP contribution in [0.1, 0.15) is 35.8 Å². The third-order valence-corrected chi connectivity index (χ3v) is 3.73. The maximum absolute atomic E-state index is 12.4. The number of aryl methyl sites for hydroxylation is 1. The second kappa shape index (κ2) is 6.66. The number of pyridine rings is 1. The van der Waals surface area contributed by atoms with Crippen LogP contribution in [0, 0.1) is 12.8 Å². The summed E-state index contributed by atoms with van der Waals surface area (Å²) in [5.41, 5.74) is 1.66. The van der Waals surface area contributed by atoms with Gasteiger partial charge in [-0.25, -0.2) is 0 Å². The van der Waals surface area contributed by atoms with Gasteiger partial charge in [0.25, 0.3) is 5.91 Å². The van der Waals surface area contributed by atoms with Crippen LogP contribution < -0.4 is 5.32 Å². The molecule has 4 nitrogen and oxygen atoms in total. The molecular formula is C15H23N3O. The van der Waals surface area contributed by atoms with E-state index < -0.39 is 0 Å². The first kappa shape index (κ1) is 14.0. The monoisotopic (exact) mass is 261 g/mol. The van der Waals surface area contributed by atoms with Crippen LogP contribution >= 0.6 is 0 Å². The highest BCUT2D eigenvalue weighted by Crippen LogP contribution is 2.18. The number of rotatable bonds is 4. The van der Waals surface area contributed by atoms with E-state index in [1.165, 1.54) is 0 Å². The molecule has 1 amide bonds. The molecule has 2 rings (SSSR count). The van der Waals surface area contributed by atoms with Crippen molar-refractivity contribution in [3.8, 4) is 0 Å². The Morgan fingerprint density at radius 3 is 2.84 bits per heavy atom. The molecule has 0 bridgehead atoms. The zero-order valence-corrected chi connectivity index (χ0v) is 11.9. The van der Waals surface area contributed by atoms with E-state index in [2.05, 4.69) is 17.2 Å². The quantitative estimate of drug-likeness (QED) is 0.899. The Morgan fingerprint density at radius 2 is 2.21 bits per heavy atom. The summed E-state index contributed by atoms with van der Waals surface area (Å²) in [6.07, 6.45) is 3.91. The summed E-state index contributed by atoms with van der Waals surface area (Å²) in [6.45, 7) is 7.89. The lowest BCUT2D eigenvalue weighted by Crippen LogP contribution is -2.40. The third-order valence-electron chi connectivity index (χ3n) is 3.73. The fourth-order valence-electron chi connectivity index (χ4n) is 2.55. The van der Waals surface area contributed by atoms with E-state index in [-0.39, 0.29) is 5.91 Å². The maximum atomic E-state index is 12.4. The van der Waals surface area contributed by atoms with Crippen molar-refractivity contribution in [1.82, 2.24) is 15.2 Å². The number of likely N-dealkylation sites (tertiary alicyclic amines) is 1. The average Bonchev–Trinajstić information content (AvgIpc) is 2.45. The number of piperidine rings is 1. The van der Waals surface area contributed by atoms with Gasteiger partial charge < -0.3 is 10.2 Å². The van der Waals surface area contributed by atoms with Crippen molar-refractivity contribution in [3.63, 3.8) is 0 Å². The Bertz CT molecular complexity index is 425. The average molecular weight is 261 g/mol. The summed E-state index contributed by atoms with van der Waals surface area (Å²) in [5.74, 6) is 0.857. The van der Waals surface area contributed by atoms with E-state index in [1.54, 1.807) is 12.3 Å². The number of carbonyl (C=O) groups excluding carboxylic acids is 1. The molecule has 0 unspecified atom stereocenters. The molecule has 1 N–H and O–H groups in total. The highest BCUT2D eigenvalue weighted by molar-refractivity contribution is 5.94. The second-order valence-corrected chi connectivity index (χ2v) is 5.23. The van der Waals surface area contributed by atoms with Crippen molar-refractivity contribution < 1.29 is 4.79 Å². The number of nitrogens with zero attached hydrogens (tertiary/aromatic N) is 2. The van der Waals surface area contributed by atoms with Crippen LogP contribution in [0.4, 0.5) is 0 Å². The van der Waals surface area contributed by atoms with Gasteiger partial charge in [-0.2, -0.15) is 0 Å². The lowest BCUT2D eigenvalue weighted by Gasteiger charge is -2.32. The van der Waals surface area contributed by atoms with Gasteiger partial charge in [-0.3, -0.25) is 9.78 Å². The van der Waals surface area contributed by atoms with Crippen LogP contribution in [-0.4, -0.2) is 42.0 Å². The number of hydrogen-bond acceptors (Lipinski definition) is 3. The zero-order chi connectivity index (χ0) is 13.7. The minimum absolute atomic E-state index is 0.146. The van der Waals surface area contributed by atoms with E-state index >= 15 is 0 Å². The summed E-state index contributed by atoms with van der Waals surface area (Å²) in [6, 6.07) is 3.67. The van der Waals surface area contributed by atoms with Crippen molar-refractivity contribution in [2.24, 2.45) is 5.92 Å². The number of amides is 1. The van der Waals surface area contributed by atoms with Gasteiger partial charge in [-0.05, 0) is 50.9 Å². The topological polar surface area (TPSA) is 45.2 Å². The fraction of sp³-hybridized carbons (Fsp3) is 0.600. The molecule has 1 aromatic heterocycles. The van der Waals surface area contributed by atoms with Crippen molar-refractivity contribution >= 4 is 5.91 Å². The largest absolute Gasteiger partial charge is 0.339 e. The molecule has 0 radical (unpaired) electrons. The number of nitrogens with one attached hydrogen (secondary N) is 1. The number of hydrogen-bond donors (Lipinski definition) is 1. The smallest absolute Gasteiger partial charge is 0.253 e. The van der Waals surface area contributed by atoms with Gasteiger partial charge in [-0.15, -0.1) is 0 Å². The Morgan fingerprint density at radius 1 is 1.47 bits per heavy atom. The van der Waals surface area contributed by atoms with Gasteiger partial charge in [0, 0.05) is 30.5 Å². The molecule has 0 aromatic carbocycles. The highest BCUT2D eigenvalue weighted by Gasteiger charge is 2.23. The van der Waals surface area contributed by atoms with E-state index in [1.807, 2.05) is 17.9 Å². The molecule has 1 saturated heterocycles. The molecule has 1 aliphatic rings. The zero-order valence-electron chi connectivity index (χ0n) is 11.9. The summed E-state index contributed by atoms with van der Waals surface area (Å²) in [7, 11) is 0. The molecule has 19 heavy (non-hydrogen) atoms. The first-order valence-electron chi connectivity index (χ1n) is 7.13. The molecule has 4 heteroatoms. The van der Waals surface area contributed by atoms with E-state index in [9.17, 15) is 4.79 Å². The van der Waals surface area contributed by atoms with Gasteiger partial charge in [0.2, 0.25) is 0 Å². The minimum Gasteiger partial charge on any atom is -0.339 e. The van der Waals surface area contributed by atoms with E-state index in [0.29, 0.717) is 5.92 Å². The Labute approximate surface area is 115 Å². The number of aromatic nitrogens is 1. The van der Waals surface area contributed by atoms with Crippen LogP contribution in [0.3, 0.4) is 0 Å². The van der Waals surface area contributed by atoms with Crippen LogP contribution in [0.15, 0.2) is 18.3 Å². The van der Waals surface area contributed by atoms with E-state index in [4.69, 9.17) is 0 Å². The standard InChI is InChI=1S/C15H23N3O/c1-3-16-11-13-5-8-18(9-6-13)15(19)14-4-7-17-12(2)10-14/h4,7,10,13,16H,3,5-6,8-9,11H2,1-2H3. The molecule has 104 valence electrons. The molecular weight excluding hydrogens is 238 g/mol. The molecule has 1 aliphatic heterocycles. The van der Waals surface area contributed by atoms with Crippen molar-refractivity contribution in [2.75, 3.05) is 26.2 Å². The van der Waals surface area contributed by atoms with Gasteiger partial charge in [0.05, 0.1) is 0 Å². The van der Waals surface area contributed by atoms with Gasteiger partial charge in [0.1, 0.15) is 0 Å². The fourth-order valence-corrected chi connectivity index (χ4v) is 2.55. The van der Waals surface area contributed by atoms with Crippen LogP contribution in [0.2, 0.25) is 0 Å². The van der Waals surface area contributed by atoms with Crippen LogP contribution in [0.5, 0.6) is 0 Å². The van der Waals surface area contributed by atoms with E-state index in [0.717, 1.165) is 50.3 Å². The maximum Gasteiger partial charge on any atom is 0.253 e. The minimum atomic E-state index is 0.146. The molecule has 0 spiro atoms. The molecule has 1 fully saturated rings. The normalized spacial score (nSPS) is 16.6. The predicted molar refractivity (Wildman–Crippen MR) is 76.1 cm³/mol. The summed E-state index contributed by atoms with van der Waals surface area (Å²) in [4.78, 5) is 18.5. The molecule has 0 aliphatic carbocycles. The van der Waals surface area contributed by atoms with Crippen LogP contribution in [-0.2, 0) is 0 Å². The summed E-state index contributed by atoms with van der Waals surface area (Å²) in [5, 5.41) is 3.39. The summed E-state index contributed by atoms with van der Waals surface area (Å²) >= 11 is 0. The van der Waals surface area contributed by atoms with Crippen LogP contribution in [0.25, 0.3) is 0 Å². The lowest BCUT2D eigenvalue weighted by molar-refractivity contribution is 0.0690. The Balaban J connectivity index is 1.89. The first-order chi connectivity index (χ1) is 9.20. The molecule has 1 aromatic rings. The lowest BCUT2D eigenvalue weighted by atomic mass is 9.96. The van der Waals surface area contributed by atoms with Crippen molar-refractivity contribution in [2.45, 2.75) is 26.7 Å². The predicted octanol–water partition coefficient (Wildman–Crippen LogP) is 1.85. The Hall–Kier alpha value is -1.42. The molecule has 0 saturated carbocycles. The highest BCUT2D eigenvalue weighted by atomic mass is 16.2. The van der Waals surface area contributed by atoms with Gasteiger partial charge >= 0.3 is 0 Å². The first-order valence-corrected chi connectivity index (χ1v) is 7.13. The number of carbonyl (C=O) groups is 1. The van der Waals surface area contributed by atoms with Gasteiger partial charge in [0.15, 0.2) is 0 Å². The Kier molecular flexibility index (Phi) is 4.91. The van der Waals surface area contributed by atoms with Crippen molar-refractivity contribution in [1.29, 1.82) is 0 Å². The molecule has 2 heterocycles. The van der Waals surface area contributed by atoms with Crippen molar-refractivity contribution in [3.05, 3.63) is 29.6 Å². The molecule has 0 atom stereocenters. The van der Waals surface area contributed by atoms with Gasteiger partial charge in [-0.1, -0.05) is 6.92 Å². The SMILES string of the molecule is CCNCC1CCN(C(=O)c2ccnc(C)c2)CC1. The second-order valence-electron chi connectivity index (χ2n) is 5.23. The summed E-state index contributed by atoms with van der Waals surface area (Å²) < 4.78 is 0.